The average molecular weight is 178 g/mol. The van der Waals surface area contributed by atoms with Gasteiger partial charge in [-0.25, -0.2) is 0 Å². The average Bonchev–Trinajstić information content (AvgIpc) is 2.34. The van der Waals surface area contributed by atoms with Crippen molar-refractivity contribution in [1.29, 1.82) is 0 Å². The molecule has 0 radical (unpaired) electrons. The lowest BCUT2D eigenvalue weighted by Gasteiger charge is -2.03. The molecule has 1 heterocycles. The third-order valence-corrected chi connectivity index (χ3v) is 4.45. The highest BCUT2D eigenvalue weighted by molar-refractivity contribution is 8.20. The zero-order chi connectivity index (χ0) is 7.40. The predicted molar refractivity (Wildman–Crippen MR) is 45.6 cm³/mol. The topological polar surface area (TPSA) is 37.3 Å². The Bertz CT molecular complexity index is 121. The molecule has 1 rings (SSSR count). The normalized spacial score (nSPS) is 19.6. The Morgan fingerprint density at radius 1 is 1.50 bits per heavy atom. The van der Waals surface area contributed by atoms with E-state index >= 15 is 0 Å². The standard InChI is InChI=1S/C6H10O2S2/c7-5(8)1-2-6-9-3-4-10-6/h6H,1-4H2,(H,7,8). The fourth-order valence-electron chi connectivity index (χ4n) is 0.815. The van der Waals surface area contributed by atoms with E-state index in [4.69, 9.17) is 5.11 Å². The molecule has 0 spiro atoms. The molecular weight excluding hydrogens is 168 g/mol. The first kappa shape index (κ1) is 8.27. The zero-order valence-electron chi connectivity index (χ0n) is 5.58. The van der Waals surface area contributed by atoms with E-state index < -0.39 is 5.97 Å². The Labute approximate surface area is 68.8 Å². The second-order valence-corrected chi connectivity index (χ2v) is 5.02. The van der Waals surface area contributed by atoms with Crippen LogP contribution in [0.25, 0.3) is 0 Å². The zero-order valence-corrected chi connectivity index (χ0v) is 7.21. The van der Waals surface area contributed by atoms with Crippen molar-refractivity contribution in [3.05, 3.63) is 0 Å². The Balaban J connectivity index is 2.07. The fraction of sp³-hybridized carbons (Fsp3) is 0.833. The Kier molecular flexibility index (Phi) is 3.42. The van der Waals surface area contributed by atoms with Gasteiger partial charge in [0.1, 0.15) is 0 Å². The second kappa shape index (κ2) is 4.13. The van der Waals surface area contributed by atoms with Crippen molar-refractivity contribution in [1.82, 2.24) is 0 Å². The van der Waals surface area contributed by atoms with Gasteiger partial charge in [-0.1, -0.05) is 0 Å². The summed E-state index contributed by atoms with van der Waals surface area (Å²) in [6.07, 6.45) is 1.15. The summed E-state index contributed by atoms with van der Waals surface area (Å²) in [5.41, 5.74) is 0. The number of carboxylic acid groups (broad SMARTS) is 1. The number of aliphatic carboxylic acids is 1. The summed E-state index contributed by atoms with van der Waals surface area (Å²) in [7, 11) is 0. The molecule has 0 saturated carbocycles. The van der Waals surface area contributed by atoms with Gasteiger partial charge in [0.25, 0.3) is 0 Å². The highest BCUT2D eigenvalue weighted by Gasteiger charge is 2.16. The molecule has 1 fully saturated rings. The van der Waals surface area contributed by atoms with E-state index in [9.17, 15) is 4.79 Å². The largest absolute Gasteiger partial charge is 0.481 e. The fourth-order valence-corrected chi connectivity index (χ4v) is 3.64. The van der Waals surface area contributed by atoms with Gasteiger partial charge >= 0.3 is 5.97 Å². The van der Waals surface area contributed by atoms with Gasteiger partial charge in [-0.2, -0.15) is 0 Å². The molecule has 0 aromatic carbocycles. The van der Waals surface area contributed by atoms with E-state index in [0.717, 1.165) is 6.42 Å². The molecule has 2 nitrogen and oxygen atoms in total. The van der Waals surface area contributed by atoms with Crippen LogP contribution in [0, 0.1) is 0 Å². The first-order valence-electron chi connectivity index (χ1n) is 3.24. The van der Waals surface area contributed by atoms with E-state index in [1.165, 1.54) is 11.5 Å². The van der Waals surface area contributed by atoms with Crippen LogP contribution < -0.4 is 0 Å². The molecule has 1 aliphatic heterocycles. The molecule has 0 unspecified atom stereocenters. The Morgan fingerprint density at radius 2 is 2.10 bits per heavy atom. The minimum absolute atomic E-state index is 0.324. The molecule has 0 bridgehead atoms. The molecule has 0 aliphatic carbocycles. The smallest absolute Gasteiger partial charge is 0.303 e. The lowest BCUT2D eigenvalue weighted by atomic mass is 10.3. The van der Waals surface area contributed by atoms with Crippen molar-refractivity contribution in [2.45, 2.75) is 17.4 Å². The van der Waals surface area contributed by atoms with Crippen molar-refractivity contribution in [3.8, 4) is 0 Å². The van der Waals surface area contributed by atoms with Crippen LogP contribution in [0.2, 0.25) is 0 Å². The minimum Gasteiger partial charge on any atom is -0.481 e. The van der Waals surface area contributed by atoms with Gasteiger partial charge in [0.15, 0.2) is 0 Å². The van der Waals surface area contributed by atoms with Gasteiger partial charge in [-0.05, 0) is 6.42 Å². The molecule has 1 saturated heterocycles. The highest BCUT2D eigenvalue weighted by atomic mass is 32.2. The van der Waals surface area contributed by atoms with Crippen molar-refractivity contribution in [2.24, 2.45) is 0 Å². The van der Waals surface area contributed by atoms with Crippen molar-refractivity contribution < 1.29 is 9.90 Å². The van der Waals surface area contributed by atoms with Crippen LogP contribution in [0.15, 0.2) is 0 Å². The van der Waals surface area contributed by atoms with Gasteiger partial charge < -0.3 is 5.11 Å². The van der Waals surface area contributed by atoms with Crippen LogP contribution in [-0.2, 0) is 4.79 Å². The summed E-state index contributed by atoms with van der Waals surface area (Å²) < 4.78 is 0.552. The highest BCUT2D eigenvalue weighted by Crippen LogP contribution is 2.34. The number of hydrogen-bond donors (Lipinski definition) is 1. The number of carboxylic acids is 1. The van der Waals surface area contributed by atoms with E-state index in [-0.39, 0.29) is 0 Å². The van der Waals surface area contributed by atoms with Crippen molar-refractivity contribution >= 4 is 29.5 Å². The molecule has 10 heavy (non-hydrogen) atoms. The van der Waals surface area contributed by atoms with E-state index in [1.54, 1.807) is 0 Å². The first-order chi connectivity index (χ1) is 4.79. The lowest BCUT2D eigenvalue weighted by molar-refractivity contribution is -0.137. The third-order valence-electron chi connectivity index (χ3n) is 1.28. The maximum Gasteiger partial charge on any atom is 0.303 e. The summed E-state index contributed by atoms with van der Waals surface area (Å²) >= 11 is 3.77. The molecule has 0 aromatic rings. The van der Waals surface area contributed by atoms with Gasteiger partial charge in [-0.3, -0.25) is 4.79 Å². The van der Waals surface area contributed by atoms with Crippen LogP contribution in [0.3, 0.4) is 0 Å². The summed E-state index contributed by atoms with van der Waals surface area (Å²) in [6.45, 7) is 0. The molecular formula is C6H10O2S2. The quantitative estimate of drug-likeness (QED) is 0.713. The first-order valence-corrected chi connectivity index (χ1v) is 5.34. The molecule has 1 aliphatic rings. The maximum atomic E-state index is 10.1. The SMILES string of the molecule is O=C(O)CCC1SCCS1. The summed E-state index contributed by atoms with van der Waals surface area (Å²) in [5.74, 6) is 1.71. The summed E-state index contributed by atoms with van der Waals surface area (Å²) in [6, 6.07) is 0. The van der Waals surface area contributed by atoms with E-state index in [0.29, 0.717) is 11.0 Å². The van der Waals surface area contributed by atoms with Gasteiger partial charge in [0, 0.05) is 17.9 Å². The maximum absolute atomic E-state index is 10.1. The van der Waals surface area contributed by atoms with Crippen LogP contribution in [0.1, 0.15) is 12.8 Å². The Morgan fingerprint density at radius 3 is 2.60 bits per heavy atom. The van der Waals surface area contributed by atoms with Crippen molar-refractivity contribution in [3.63, 3.8) is 0 Å². The molecule has 4 heteroatoms. The van der Waals surface area contributed by atoms with Crippen LogP contribution in [-0.4, -0.2) is 27.2 Å². The molecule has 0 aromatic heterocycles. The Hall–Kier alpha value is 0.170. The molecule has 0 atom stereocenters. The molecule has 1 N–H and O–H groups in total. The van der Waals surface area contributed by atoms with Crippen LogP contribution in [0.4, 0.5) is 0 Å². The lowest BCUT2D eigenvalue weighted by Crippen LogP contribution is -1.99. The number of rotatable bonds is 3. The monoisotopic (exact) mass is 178 g/mol. The summed E-state index contributed by atoms with van der Waals surface area (Å²) in [4.78, 5) is 10.1. The van der Waals surface area contributed by atoms with Gasteiger partial charge in [0.2, 0.25) is 0 Å². The van der Waals surface area contributed by atoms with Crippen LogP contribution >= 0.6 is 23.5 Å². The van der Waals surface area contributed by atoms with E-state index in [1.807, 2.05) is 23.5 Å². The van der Waals surface area contributed by atoms with E-state index in [2.05, 4.69) is 0 Å². The van der Waals surface area contributed by atoms with Gasteiger partial charge in [-0.15, -0.1) is 23.5 Å². The molecule has 0 amide bonds. The van der Waals surface area contributed by atoms with Crippen LogP contribution in [0.5, 0.6) is 0 Å². The number of hydrogen-bond acceptors (Lipinski definition) is 3. The number of thioether (sulfide) groups is 2. The predicted octanol–water partition coefficient (Wildman–Crippen LogP) is 1.66. The van der Waals surface area contributed by atoms with Gasteiger partial charge in [0.05, 0.1) is 4.58 Å². The minimum atomic E-state index is -0.673. The van der Waals surface area contributed by atoms with Crippen molar-refractivity contribution in [2.75, 3.05) is 11.5 Å². The number of carbonyl (C=O) groups is 1. The summed E-state index contributed by atoms with van der Waals surface area (Å²) in [5, 5.41) is 8.36. The molecule has 58 valence electrons. The second-order valence-electron chi connectivity index (χ2n) is 2.10. The third kappa shape index (κ3) is 2.84.